The van der Waals surface area contributed by atoms with Crippen molar-refractivity contribution in [3.05, 3.63) is 46.2 Å². The number of pyridine rings is 1. The van der Waals surface area contributed by atoms with Crippen LogP contribution in [0.15, 0.2) is 24.5 Å². The topological polar surface area (TPSA) is 30.7 Å². The molecule has 0 amide bonds. The minimum absolute atomic E-state index is 0.451. The van der Waals surface area contributed by atoms with E-state index >= 15 is 0 Å². The number of aryl methyl sites for hydroxylation is 1. The fourth-order valence-electron chi connectivity index (χ4n) is 1.30. The van der Waals surface area contributed by atoms with Crippen LogP contribution in [0.2, 0.25) is 10.2 Å². The second-order valence-corrected chi connectivity index (χ2v) is 3.96. The van der Waals surface area contributed by atoms with Crippen LogP contribution in [0.1, 0.15) is 11.5 Å². The Kier molecular flexibility index (Phi) is 2.93. The monoisotopic (exact) mass is 241 g/mol. The molecule has 15 heavy (non-hydrogen) atoms. The molecule has 0 spiro atoms. The first-order chi connectivity index (χ1) is 7.16. The van der Waals surface area contributed by atoms with Crippen LogP contribution in [0.4, 0.5) is 0 Å². The van der Waals surface area contributed by atoms with Crippen LogP contribution < -0.4 is 0 Å². The summed E-state index contributed by atoms with van der Waals surface area (Å²) in [5.74, 6) is 0.924. The molecule has 78 valence electrons. The van der Waals surface area contributed by atoms with Gasteiger partial charge in [-0.3, -0.25) is 0 Å². The second-order valence-electron chi connectivity index (χ2n) is 3.16. The highest BCUT2D eigenvalue weighted by Crippen LogP contribution is 2.18. The van der Waals surface area contributed by atoms with Crippen LogP contribution in [-0.4, -0.2) is 14.5 Å². The van der Waals surface area contributed by atoms with E-state index in [4.69, 9.17) is 23.2 Å². The number of hydrogen-bond acceptors (Lipinski definition) is 2. The maximum Gasteiger partial charge on any atom is 0.129 e. The van der Waals surface area contributed by atoms with Crippen molar-refractivity contribution in [1.82, 2.24) is 14.5 Å². The van der Waals surface area contributed by atoms with Crippen molar-refractivity contribution in [3.63, 3.8) is 0 Å². The van der Waals surface area contributed by atoms with Gasteiger partial charge in [0.2, 0.25) is 0 Å². The lowest BCUT2D eigenvalue weighted by atomic mass is 10.3. The third-order valence-corrected chi connectivity index (χ3v) is 2.68. The fraction of sp³-hybridized carbons (Fsp3) is 0.200. The highest BCUT2D eigenvalue weighted by atomic mass is 35.5. The summed E-state index contributed by atoms with van der Waals surface area (Å²) in [4.78, 5) is 8.30. The maximum atomic E-state index is 6.01. The van der Waals surface area contributed by atoms with Crippen molar-refractivity contribution in [3.8, 4) is 0 Å². The highest BCUT2D eigenvalue weighted by Gasteiger charge is 2.05. The predicted molar refractivity (Wildman–Crippen MR) is 60.3 cm³/mol. The summed E-state index contributed by atoms with van der Waals surface area (Å²) < 4.78 is 1.96. The van der Waals surface area contributed by atoms with Crippen molar-refractivity contribution in [2.24, 2.45) is 0 Å². The van der Waals surface area contributed by atoms with Crippen LogP contribution in [0.5, 0.6) is 0 Å². The lowest BCUT2D eigenvalue weighted by molar-refractivity contribution is 0.742. The molecule has 0 bridgehead atoms. The van der Waals surface area contributed by atoms with Gasteiger partial charge in [0, 0.05) is 12.4 Å². The van der Waals surface area contributed by atoms with Crippen molar-refractivity contribution < 1.29 is 0 Å². The minimum Gasteiger partial charge on any atom is -0.329 e. The summed E-state index contributed by atoms with van der Waals surface area (Å²) in [5.41, 5.74) is 0.755. The first-order valence-corrected chi connectivity index (χ1v) is 5.21. The van der Waals surface area contributed by atoms with Gasteiger partial charge in [-0.1, -0.05) is 23.2 Å². The van der Waals surface area contributed by atoms with E-state index in [9.17, 15) is 0 Å². The molecule has 2 aromatic heterocycles. The summed E-state index contributed by atoms with van der Waals surface area (Å²) in [5, 5.41) is 1.07. The third-order valence-electron chi connectivity index (χ3n) is 2.13. The van der Waals surface area contributed by atoms with E-state index in [1.54, 1.807) is 18.3 Å². The van der Waals surface area contributed by atoms with Crippen LogP contribution in [0.25, 0.3) is 0 Å². The molecule has 0 aliphatic rings. The van der Waals surface area contributed by atoms with E-state index in [0.29, 0.717) is 16.7 Å². The molecule has 0 saturated heterocycles. The number of hydrogen-bond donors (Lipinski definition) is 0. The Morgan fingerprint density at radius 1 is 1.33 bits per heavy atom. The van der Waals surface area contributed by atoms with Gasteiger partial charge in [0.15, 0.2) is 0 Å². The molecule has 0 saturated carbocycles. The first-order valence-electron chi connectivity index (χ1n) is 4.45. The van der Waals surface area contributed by atoms with Gasteiger partial charge in [0.25, 0.3) is 0 Å². The Morgan fingerprint density at radius 2 is 2.13 bits per heavy atom. The Bertz CT molecular complexity index is 479. The largest absolute Gasteiger partial charge is 0.329 e. The van der Waals surface area contributed by atoms with Crippen molar-refractivity contribution >= 4 is 23.2 Å². The van der Waals surface area contributed by atoms with E-state index in [0.717, 1.165) is 11.5 Å². The van der Waals surface area contributed by atoms with E-state index in [-0.39, 0.29) is 0 Å². The summed E-state index contributed by atoms with van der Waals surface area (Å²) in [6.07, 6.45) is 3.63. The summed E-state index contributed by atoms with van der Waals surface area (Å²) in [7, 11) is 0. The molecule has 5 heteroatoms. The third kappa shape index (κ3) is 2.30. The maximum absolute atomic E-state index is 6.01. The van der Waals surface area contributed by atoms with Gasteiger partial charge < -0.3 is 4.57 Å². The molecule has 2 heterocycles. The van der Waals surface area contributed by atoms with Crippen LogP contribution >= 0.6 is 23.2 Å². The number of imidazole rings is 1. The molecular weight excluding hydrogens is 233 g/mol. The number of rotatable bonds is 2. The van der Waals surface area contributed by atoms with Gasteiger partial charge in [0.05, 0.1) is 17.3 Å². The zero-order valence-corrected chi connectivity index (χ0v) is 9.63. The van der Waals surface area contributed by atoms with Gasteiger partial charge in [-0.25, -0.2) is 9.97 Å². The van der Waals surface area contributed by atoms with E-state index in [1.807, 2.05) is 17.7 Å². The molecule has 0 aliphatic carbocycles. The second kappa shape index (κ2) is 4.21. The molecular formula is C10H9Cl2N3. The van der Waals surface area contributed by atoms with E-state index in [1.165, 1.54) is 0 Å². The SMILES string of the molecule is Cc1nccn1Cc1nc(Cl)ccc1Cl. The molecule has 0 unspecified atom stereocenters. The Morgan fingerprint density at radius 3 is 2.80 bits per heavy atom. The molecule has 0 atom stereocenters. The molecule has 0 fully saturated rings. The standard InChI is InChI=1S/C10H9Cl2N3/c1-7-13-4-5-15(7)6-9-8(11)2-3-10(12)14-9/h2-5H,6H2,1H3. The van der Waals surface area contributed by atoms with Gasteiger partial charge >= 0.3 is 0 Å². The average Bonchev–Trinajstić information content (AvgIpc) is 2.58. The molecule has 0 N–H and O–H groups in total. The molecule has 3 nitrogen and oxygen atoms in total. The zero-order chi connectivity index (χ0) is 10.8. The highest BCUT2D eigenvalue weighted by molar-refractivity contribution is 6.32. The van der Waals surface area contributed by atoms with Gasteiger partial charge in [-0.05, 0) is 19.1 Å². The quantitative estimate of drug-likeness (QED) is 0.758. The smallest absolute Gasteiger partial charge is 0.129 e. The van der Waals surface area contributed by atoms with Gasteiger partial charge in [-0.15, -0.1) is 0 Å². The van der Waals surface area contributed by atoms with Crippen molar-refractivity contribution in [2.75, 3.05) is 0 Å². The van der Waals surface area contributed by atoms with Crippen LogP contribution in [0, 0.1) is 6.92 Å². The summed E-state index contributed by atoms with van der Waals surface area (Å²) in [6, 6.07) is 3.42. The van der Waals surface area contributed by atoms with Crippen LogP contribution in [-0.2, 0) is 6.54 Å². The normalized spacial score (nSPS) is 10.6. The molecule has 0 aliphatic heterocycles. The average molecular weight is 242 g/mol. The number of nitrogens with zero attached hydrogens (tertiary/aromatic N) is 3. The molecule has 0 aromatic carbocycles. The van der Waals surface area contributed by atoms with E-state index in [2.05, 4.69) is 9.97 Å². The zero-order valence-electron chi connectivity index (χ0n) is 8.11. The van der Waals surface area contributed by atoms with E-state index < -0.39 is 0 Å². The Balaban J connectivity index is 2.32. The van der Waals surface area contributed by atoms with Crippen LogP contribution in [0.3, 0.4) is 0 Å². The van der Waals surface area contributed by atoms with Gasteiger partial charge in [-0.2, -0.15) is 0 Å². The summed E-state index contributed by atoms with van der Waals surface area (Å²) >= 11 is 11.8. The molecule has 2 rings (SSSR count). The Hall–Kier alpha value is -1.06. The minimum atomic E-state index is 0.451. The molecule has 2 aromatic rings. The molecule has 0 radical (unpaired) electrons. The van der Waals surface area contributed by atoms with Gasteiger partial charge in [0.1, 0.15) is 11.0 Å². The van der Waals surface area contributed by atoms with Crippen molar-refractivity contribution in [1.29, 1.82) is 0 Å². The lowest BCUT2D eigenvalue weighted by Gasteiger charge is -2.06. The first kappa shape index (κ1) is 10.5. The lowest BCUT2D eigenvalue weighted by Crippen LogP contribution is -2.03. The van der Waals surface area contributed by atoms with Crippen molar-refractivity contribution in [2.45, 2.75) is 13.5 Å². The summed E-state index contributed by atoms with van der Waals surface area (Å²) in [6.45, 7) is 2.52. The predicted octanol–water partition coefficient (Wildman–Crippen LogP) is 2.94. The Labute approximate surface area is 97.7 Å². The number of aromatic nitrogens is 3. The fourth-order valence-corrected chi connectivity index (χ4v) is 1.63. The number of halogens is 2.